The minimum atomic E-state index is -4.17. The van der Waals surface area contributed by atoms with Crippen LogP contribution < -0.4 is 14.4 Å². The first kappa shape index (κ1) is 31.6. The smallest absolute Gasteiger partial charge is 0.264 e. The first-order valence-electron chi connectivity index (χ1n) is 13.8. The molecular weight excluding hydrogens is 586 g/mol. The van der Waals surface area contributed by atoms with Gasteiger partial charge in [0.2, 0.25) is 11.8 Å². The van der Waals surface area contributed by atoms with Crippen molar-refractivity contribution in [3.8, 4) is 5.75 Å². The Bertz CT molecular complexity index is 1600. The molecule has 4 rings (SSSR count). The Hall–Kier alpha value is -4.34. The second-order valence-electron chi connectivity index (χ2n) is 9.72. The van der Waals surface area contributed by atoms with Gasteiger partial charge in [0.15, 0.2) is 0 Å². The number of nitrogens with one attached hydrogen (secondary N) is 1. The van der Waals surface area contributed by atoms with Gasteiger partial charge in [-0.25, -0.2) is 8.42 Å². The minimum Gasteiger partial charge on any atom is -0.494 e. The monoisotopic (exact) mass is 619 g/mol. The van der Waals surface area contributed by atoms with Crippen molar-refractivity contribution in [2.45, 2.75) is 30.8 Å². The summed E-state index contributed by atoms with van der Waals surface area (Å²) < 4.78 is 34.6. The lowest BCUT2D eigenvalue weighted by Crippen LogP contribution is -2.53. The van der Waals surface area contributed by atoms with Crippen molar-refractivity contribution in [1.82, 2.24) is 10.2 Å². The van der Waals surface area contributed by atoms with Gasteiger partial charge in [0, 0.05) is 25.0 Å². The molecule has 1 unspecified atom stereocenters. The Kier molecular flexibility index (Phi) is 10.8. The van der Waals surface area contributed by atoms with E-state index in [4.69, 9.17) is 16.3 Å². The fourth-order valence-electron chi connectivity index (χ4n) is 4.63. The maximum absolute atomic E-state index is 14.3. The number of hydrogen-bond donors (Lipinski definition) is 1. The zero-order chi connectivity index (χ0) is 30.8. The van der Waals surface area contributed by atoms with E-state index in [-0.39, 0.29) is 29.5 Å². The molecule has 0 bridgehead atoms. The maximum atomic E-state index is 14.3. The Morgan fingerprint density at radius 1 is 0.837 bits per heavy atom. The van der Waals surface area contributed by atoms with Crippen LogP contribution in [0.4, 0.5) is 5.69 Å². The molecule has 43 heavy (non-hydrogen) atoms. The number of anilines is 1. The summed E-state index contributed by atoms with van der Waals surface area (Å²) in [6.45, 7) is 1.82. The Labute approximate surface area is 257 Å². The molecule has 0 aliphatic heterocycles. The molecule has 0 radical (unpaired) electrons. The van der Waals surface area contributed by atoms with Crippen molar-refractivity contribution in [3.63, 3.8) is 0 Å². The number of carbonyl (C=O) groups excluding carboxylic acids is 2. The van der Waals surface area contributed by atoms with E-state index in [1.165, 1.54) is 24.1 Å². The van der Waals surface area contributed by atoms with Gasteiger partial charge in [0.1, 0.15) is 18.3 Å². The van der Waals surface area contributed by atoms with Crippen LogP contribution >= 0.6 is 11.6 Å². The van der Waals surface area contributed by atoms with Crippen molar-refractivity contribution in [3.05, 3.63) is 125 Å². The van der Waals surface area contributed by atoms with Crippen LogP contribution in [0.1, 0.15) is 18.1 Å². The fraction of sp³-hybridized carbons (Fsp3) is 0.212. The summed E-state index contributed by atoms with van der Waals surface area (Å²) in [5.74, 6) is -0.348. The van der Waals surface area contributed by atoms with Crippen LogP contribution in [0.3, 0.4) is 0 Å². The van der Waals surface area contributed by atoms with Crippen LogP contribution in [0.5, 0.6) is 5.75 Å². The number of ether oxygens (including phenoxy) is 1. The van der Waals surface area contributed by atoms with Gasteiger partial charge in [-0.2, -0.15) is 0 Å². The van der Waals surface area contributed by atoms with E-state index in [9.17, 15) is 18.0 Å². The highest BCUT2D eigenvalue weighted by Crippen LogP contribution is 2.27. The number of likely N-dealkylation sites (N-methyl/N-ethyl adjacent to an activating group) is 1. The summed E-state index contributed by atoms with van der Waals surface area (Å²) in [6.07, 6.45) is 0.230. The van der Waals surface area contributed by atoms with Crippen LogP contribution in [0.2, 0.25) is 5.02 Å². The van der Waals surface area contributed by atoms with E-state index >= 15 is 0 Å². The van der Waals surface area contributed by atoms with E-state index in [1.807, 2.05) is 37.3 Å². The Morgan fingerprint density at radius 2 is 1.44 bits per heavy atom. The van der Waals surface area contributed by atoms with Crippen LogP contribution in [0.15, 0.2) is 114 Å². The van der Waals surface area contributed by atoms with Crippen LogP contribution in [-0.4, -0.2) is 51.4 Å². The summed E-state index contributed by atoms with van der Waals surface area (Å²) in [4.78, 5) is 29.1. The van der Waals surface area contributed by atoms with Gasteiger partial charge in [-0.3, -0.25) is 13.9 Å². The molecule has 8 nitrogen and oxygen atoms in total. The first-order chi connectivity index (χ1) is 20.7. The molecule has 0 spiro atoms. The van der Waals surface area contributed by atoms with Gasteiger partial charge >= 0.3 is 0 Å². The molecule has 0 heterocycles. The molecule has 1 N–H and O–H groups in total. The molecule has 4 aromatic carbocycles. The molecule has 0 aliphatic carbocycles. The number of rotatable bonds is 13. The second kappa shape index (κ2) is 14.7. The first-order valence-corrected chi connectivity index (χ1v) is 15.6. The standard InChI is InChI=1S/C33H34ClN3O5S/c1-3-42-29-20-18-28(19-21-29)37(43(40,41)30-12-8-5-9-13-30)24-32(38)36(23-26-14-16-27(34)17-15-26)31(33(39)35-2)22-25-10-6-4-7-11-25/h4-21,31H,3,22-24H2,1-2H3,(H,35,39). The molecular formula is C33H34ClN3O5S. The third kappa shape index (κ3) is 8.15. The number of hydrogen-bond acceptors (Lipinski definition) is 5. The average Bonchev–Trinajstić information content (AvgIpc) is 3.03. The molecule has 0 fully saturated rings. The van der Waals surface area contributed by atoms with Gasteiger partial charge < -0.3 is 15.0 Å². The van der Waals surface area contributed by atoms with Gasteiger partial charge in [-0.1, -0.05) is 72.3 Å². The predicted molar refractivity (Wildman–Crippen MR) is 169 cm³/mol. The summed E-state index contributed by atoms with van der Waals surface area (Å²) in [7, 11) is -2.66. The largest absolute Gasteiger partial charge is 0.494 e. The Morgan fingerprint density at radius 3 is 2.02 bits per heavy atom. The van der Waals surface area contributed by atoms with E-state index < -0.39 is 28.5 Å². The summed E-state index contributed by atoms with van der Waals surface area (Å²) in [5, 5.41) is 3.21. The normalized spacial score (nSPS) is 11.8. The predicted octanol–water partition coefficient (Wildman–Crippen LogP) is 5.32. The molecule has 0 aromatic heterocycles. The minimum absolute atomic E-state index is 0.0353. The van der Waals surface area contributed by atoms with Crippen molar-refractivity contribution < 1.29 is 22.7 Å². The lowest BCUT2D eigenvalue weighted by atomic mass is 10.0. The third-order valence-electron chi connectivity index (χ3n) is 6.83. The number of sulfonamides is 1. The SMILES string of the molecule is CCOc1ccc(N(CC(=O)N(Cc2ccc(Cl)cc2)C(Cc2ccccc2)C(=O)NC)S(=O)(=O)c2ccccc2)cc1. The number of nitrogens with zero attached hydrogens (tertiary/aromatic N) is 2. The van der Waals surface area contributed by atoms with E-state index in [1.54, 1.807) is 66.7 Å². The number of benzene rings is 4. The van der Waals surface area contributed by atoms with Crippen LogP contribution in [0, 0.1) is 0 Å². The molecule has 2 amide bonds. The molecule has 0 aliphatic rings. The number of amides is 2. The number of carbonyl (C=O) groups is 2. The quantitative estimate of drug-likeness (QED) is 0.219. The zero-order valence-electron chi connectivity index (χ0n) is 24.0. The van der Waals surface area contributed by atoms with E-state index in [0.717, 1.165) is 15.4 Å². The molecule has 10 heteroatoms. The average molecular weight is 620 g/mol. The van der Waals surface area contributed by atoms with Gasteiger partial charge in [-0.15, -0.1) is 0 Å². The van der Waals surface area contributed by atoms with Crippen molar-refractivity contribution >= 4 is 39.1 Å². The highest BCUT2D eigenvalue weighted by molar-refractivity contribution is 7.92. The fourth-order valence-corrected chi connectivity index (χ4v) is 6.19. The zero-order valence-corrected chi connectivity index (χ0v) is 25.6. The molecule has 0 saturated heterocycles. The number of halogens is 1. The van der Waals surface area contributed by atoms with E-state index in [2.05, 4.69) is 5.32 Å². The molecule has 4 aromatic rings. The maximum Gasteiger partial charge on any atom is 0.264 e. The highest BCUT2D eigenvalue weighted by atomic mass is 35.5. The van der Waals surface area contributed by atoms with Gasteiger partial charge in [-0.05, 0) is 66.6 Å². The van der Waals surface area contributed by atoms with E-state index in [0.29, 0.717) is 17.4 Å². The summed E-state index contributed by atoms with van der Waals surface area (Å²) >= 11 is 6.10. The van der Waals surface area contributed by atoms with Gasteiger partial charge in [0.25, 0.3) is 10.0 Å². The summed E-state index contributed by atoms with van der Waals surface area (Å²) in [6, 6.07) is 29.9. The van der Waals surface area contributed by atoms with Crippen molar-refractivity contribution in [2.75, 3.05) is 24.5 Å². The molecule has 224 valence electrons. The van der Waals surface area contributed by atoms with Gasteiger partial charge in [0.05, 0.1) is 17.2 Å². The topological polar surface area (TPSA) is 96.0 Å². The summed E-state index contributed by atoms with van der Waals surface area (Å²) in [5.41, 5.74) is 1.87. The van der Waals surface area contributed by atoms with Crippen LogP contribution in [-0.2, 0) is 32.6 Å². The molecule has 1 atom stereocenters. The highest BCUT2D eigenvalue weighted by Gasteiger charge is 2.34. The Balaban J connectivity index is 1.77. The van der Waals surface area contributed by atoms with Crippen molar-refractivity contribution in [2.24, 2.45) is 0 Å². The molecule has 0 saturated carbocycles. The lowest BCUT2D eigenvalue weighted by Gasteiger charge is -2.33. The van der Waals surface area contributed by atoms with Crippen molar-refractivity contribution in [1.29, 1.82) is 0 Å². The third-order valence-corrected chi connectivity index (χ3v) is 8.87. The second-order valence-corrected chi connectivity index (χ2v) is 12.0. The van der Waals surface area contributed by atoms with Crippen LogP contribution in [0.25, 0.3) is 0 Å². The lowest BCUT2D eigenvalue weighted by molar-refractivity contribution is -0.139.